The summed E-state index contributed by atoms with van der Waals surface area (Å²) in [5.74, 6) is -1.02. The van der Waals surface area contributed by atoms with Gasteiger partial charge >= 0.3 is 5.97 Å². The first kappa shape index (κ1) is 17.3. The van der Waals surface area contributed by atoms with E-state index in [1.807, 2.05) is 17.5 Å². The van der Waals surface area contributed by atoms with Gasteiger partial charge in [-0.15, -0.1) is 11.3 Å². The van der Waals surface area contributed by atoms with Gasteiger partial charge in [0.15, 0.2) is 5.60 Å². The Bertz CT molecular complexity index is 458. The van der Waals surface area contributed by atoms with E-state index >= 15 is 0 Å². The molecule has 1 aromatic rings. The standard InChI is InChI=1S/C14H19BrO4S/c1-9(2)19-13(17)14(18,8-10(3)16)12(15)7-11-5-4-6-20-11/h4-6,9,12,18H,7-8H2,1-3H3/t12-,14+/m1/s1. The second-order valence-corrected chi connectivity index (χ2v) is 7.15. The fourth-order valence-corrected chi connectivity index (χ4v) is 3.44. The Morgan fingerprint density at radius 1 is 1.50 bits per heavy atom. The molecule has 4 nitrogen and oxygen atoms in total. The average molecular weight is 363 g/mol. The summed E-state index contributed by atoms with van der Waals surface area (Å²) in [5.41, 5.74) is -1.85. The van der Waals surface area contributed by atoms with Gasteiger partial charge < -0.3 is 9.84 Å². The summed E-state index contributed by atoms with van der Waals surface area (Å²) in [4.78, 5) is 23.9. The number of carbonyl (C=O) groups excluding carboxylic acids is 2. The maximum absolute atomic E-state index is 12.1. The highest BCUT2D eigenvalue weighted by molar-refractivity contribution is 9.09. The van der Waals surface area contributed by atoms with E-state index in [1.54, 1.807) is 13.8 Å². The van der Waals surface area contributed by atoms with E-state index in [0.29, 0.717) is 6.42 Å². The first-order valence-corrected chi connectivity index (χ1v) is 8.14. The summed E-state index contributed by atoms with van der Waals surface area (Å²) < 4.78 is 5.09. The van der Waals surface area contributed by atoms with Crippen LogP contribution in [0.1, 0.15) is 32.1 Å². The molecule has 6 heteroatoms. The SMILES string of the molecule is CC(=O)C[C@@](O)(C(=O)OC(C)C)[C@H](Br)Cc1cccs1. The lowest BCUT2D eigenvalue weighted by atomic mass is 9.91. The number of thiophene rings is 1. The molecule has 0 amide bonds. The van der Waals surface area contributed by atoms with Crippen molar-refractivity contribution in [2.75, 3.05) is 0 Å². The van der Waals surface area contributed by atoms with Gasteiger partial charge in [0.25, 0.3) is 0 Å². The van der Waals surface area contributed by atoms with Crippen LogP contribution < -0.4 is 0 Å². The molecule has 0 aliphatic heterocycles. The summed E-state index contributed by atoms with van der Waals surface area (Å²) in [6, 6.07) is 3.82. The van der Waals surface area contributed by atoms with Crippen LogP contribution in [0.15, 0.2) is 17.5 Å². The highest BCUT2D eigenvalue weighted by Crippen LogP contribution is 2.29. The lowest BCUT2D eigenvalue weighted by molar-refractivity contribution is -0.171. The van der Waals surface area contributed by atoms with E-state index < -0.39 is 16.4 Å². The van der Waals surface area contributed by atoms with Crippen molar-refractivity contribution in [1.82, 2.24) is 0 Å². The number of ketones is 1. The number of aliphatic hydroxyl groups is 1. The Morgan fingerprint density at radius 2 is 2.15 bits per heavy atom. The maximum atomic E-state index is 12.1. The van der Waals surface area contributed by atoms with Crippen molar-refractivity contribution >= 4 is 39.0 Å². The summed E-state index contributed by atoms with van der Waals surface area (Å²) >= 11 is 4.88. The van der Waals surface area contributed by atoms with Crippen LogP contribution >= 0.6 is 27.3 Å². The molecule has 112 valence electrons. The Morgan fingerprint density at radius 3 is 2.60 bits per heavy atom. The highest BCUT2D eigenvalue weighted by atomic mass is 79.9. The van der Waals surface area contributed by atoms with Crippen LogP contribution in [-0.4, -0.2) is 33.4 Å². The number of halogens is 1. The van der Waals surface area contributed by atoms with E-state index in [-0.39, 0.29) is 18.3 Å². The molecular weight excluding hydrogens is 344 g/mol. The van der Waals surface area contributed by atoms with Gasteiger partial charge in [-0.2, -0.15) is 0 Å². The van der Waals surface area contributed by atoms with Crippen molar-refractivity contribution in [2.24, 2.45) is 0 Å². The molecule has 1 heterocycles. The van der Waals surface area contributed by atoms with Gasteiger partial charge in [-0.05, 0) is 38.6 Å². The van der Waals surface area contributed by atoms with Gasteiger partial charge in [0, 0.05) is 11.3 Å². The number of carbonyl (C=O) groups is 2. The molecule has 0 bridgehead atoms. The smallest absolute Gasteiger partial charge is 0.340 e. The molecular formula is C14H19BrO4S. The van der Waals surface area contributed by atoms with Crippen molar-refractivity contribution in [3.05, 3.63) is 22.4 Å². The number of alkyl halides is 1. The van der Waals surface area contributed by atoms with Gasteiger partial charge in [0.2, 0.25) is 0 Å². The topological polar surface area (TPSA) is 63.6 Å². The minimum Gasteiger partial charge on any atom is -0.461 e. The van der Waals surface area contributed by atoms with Crippen molar-refractivity contribution in [2.45, 2.75) is 50.1 Å². The van der Waals surface area contributed by atoms with Crippen molar-refractivity contribution in [3.63, 3.8) is 0 Å². The monoisotopic (exact) mass is 362 g/mol. The molecule has 0 saturated carbocycles. The Labute approximate surface area is 131 Å². The van der Waals surface area contributed by atoms with Crippen LogP contribution in [0.3, 0.4) is 0 Å². The molecule has 0 saturated heterocycles. The van der Waals surface area contributed by atoms with Crippen molar-refractivity contribution < 1.29 is 19.4 Å². The predicted molar refractivity (Wildman–Crippen MR) is 82.2 cm³/mol. The summed E-state index contributed by atoms with van der Waals surface area (Å²) in [5, 5.41) is 12.6. The molecule has 0 aromatic carbocycles. The molecule has 1 rings (SSSR count). The lowest BCUT2D eigenvalue weighted by Crippen LogP contribution is -2.50. The van der Waals surface area contributed by atoms with Crippen LogP contribution in [0.5, 0.6) is 0 Å². The van der Waals surface area contributed by atoms with Gasteiger partial charge in [0.1, 0.15) is 5.78 Å². The molecule has 2 atom stereocenters. The number of esters is 1. The largest absolute Gasteiger partial charge is 0.461 e. The highest BCUT2D eigenvalue weighted by Gasteiger charge is 2.45. The van der Waals surface area contributed by atoms with Gasteiger partial charge in [-0.25, -0.2) is 4.79 Å². The second-order valence-electron chi connectivity index (χ2n) is 5.01. The van der Waals surface area contributed by atoms with E-state index in [1.165, 1.54) is 18.3 Å². The maximum Gasteiger partial charge on any atom is 0.340 e. The Balaban J connectivity index is 2.91. The number of hydrogen-bond acceptors (Lipinski definition) is 5. The molecule has 0 aliphatic rings. The minimum atomic E-state index is -1.85. The van der Waals surface area contributed by atoms with Crippen LogP contribution in [0.2, 0.25) is 0 Å². The van der Waals surface area contributed by atoms with Crippen LogP contribution in [0, 0.1) is 0 Å². The van der Waals surface area contributed by atoms with E-state index in [0.717, 1.165) is 4.88 Å². The average Bonchev–Trinajstić information content (AvgIpc) is 2.79. The quantitative estimate of drug-likeness (QED) is 0.598. The molecule has 1 aromatic heterocycles. The fourth-order valence-electron chi connectivity index (χ4n) is 1.78. The molecule has 0 aliphatic carbocycles. The van der Waals surface area contributed by atoms with Crippen molar-refractivity contribution in [3.8, 4) is 0 Å². The van der Waals surface area contributed by atoms with Crippen LogP contribution in [0.25, 0.3) is 0 Å². The minimum absolute atomic E-state index is 0.260. The molecule has 0 spiro atoms. The first-order chi connectivity index (χ1) is 9.25. The Kier molecular flexibility index (Phi) is 6.36. The van der Waals surface area contributed by atoms with E-state index in [9.17, 15) is 14.7 Å². The summed E-state index contributed by atoms with van der Waals surface area (Å²) in [6.45, 7) is 4.75. The number of Topliss-reactive ketones (excluding diaryl/α,β-unsaturated/α-hetero) is 1. The molecule has 0 unspecified atom stereocenters. The molecule has 1 N–H and O–H groups in total. The fraction of sp³-hybridized carbons (Fsp3) is 0.571. The van der Waals surface area contributed by atoms with Crippen LogP contribution in [-0.2, 0) is 20.7 Å². The van der Waals surface area contributed by atoms with E-state index in [4.69, 9.17) is 4.74 Å². The zero-order chi connectivity index (χ0) is 15.3. The number of hydrogen-bond donors (Lipinski definition) is 1. The molecule has 0 radical (unpaired) electrons. The third kappa shape index (κ3) is 4.68. The normalized spacial score (nSPS) is 15.7. The zero-order valence-corrected chi connectivity index (χ0v) is 14.2. The Hall–Kier alpha value is -0.720. The number of rotatable bonds is 7. The third-order valence-electron chi connectivity index (χ3n) is 2.69. The van der Waals surface area contributed by atoms with Crippen molar-refractivity contribution in [1.29, 1.82) is 0 Å². The van der Waals surface area contributed by atoms with Gasteiger partial charge in [-0.1, -0.05) is 22.0 Å². The second kappa shape index (κ2) is 7.33. The van der Waals surface area contributed by atoms with Gasteiger partial charge in [-0.3, -0.25) is 4.79 Å². The summed E-state index contributed by atoms with van der Waals surface area (Å²) in [7, 11) is 0. The summed E-state index contributed by atoms with van der Waals surface area (Å²) in [6.07, 6.45) is -0.156. The first-order valence-electron chi connectivity index (χ1n) is 6.35. The molecule has 20 heavy (non-hydrogen) atoms. The van der Waals surface area contributed by atoms with E-state index in [2.05, 4.69) is 15.9 Å². The van der Waals surface area contributed by atoms with Crippen LogP contribution in [0.4, 0.5) is 0 Å². The zero-order valence-electron chi connectivity index (χ0n) is 11.8. The lowest BCUT2D eigenvalue weighted by Gasteiger charge is -2.30. The number of ether oxygens (including phenoxy) is 1. The third-order valence-corrected chi connectivity index (χ3v) is 4.67. The molecule has 0 fully saturated rings. The predicted octanol–water partition coefficient (Wildman–Crippen LogP) is 2.72. The van der Waals surface area contributed by atoms with Gasteiger partial charge in [0.05, 0.1) is 10.9 Å².